The van der Waals surface area contributed by atoms with Crippen molar-refractivity contribution in [2.45, 2.75) is 9.79 Å². The Labute approximate surface area is 171 Å². The Bertz CT molecular complexity index is 1200. The molecule has 0 bridgehead atoms. The summed E-state index contributed by atoms with van der Waals surface area (Å²) in [7, 11) is 1.53. The topological polar surface area (TPSA) is 70.7 Å². The Morgan fingerprint density at radius 1 is 1.14 bits per heavy atom. The highest BCUT2D eigenvalue weighted by Gasteiger charge is 2.16. The molecule has 0 saturated carbocycles. The molecule has 0 saturated heterocycles. The largest absolute Gasteiger partial charge is 0.355 e. The summed E-state index contributed by atoms with van der Waals surface area (Å²) in [5, 5.41) is 10.8. The summed E-state index contributed by atoms with van der Waals surface area (Å²) in [5.74, 6) is -0.753. The fourth-order valence-corrected chi connectivity index (χ4v) is 3.88. The first-order valence-electron chi connectivity index (χ1n) is 8.91. The van der Waals surface area contributed by atoms with Crippen LogP contribution in [-0.4, -0.2) is 28.1 Å². The predicted molar refractivity (Wildman–Crippen MR) is 113 cm³/mol. The average Bonchev–Trinajstić information content (AvgIpc) is 3.16. The summed E-state index contributed by atoms with van der Waals surface area (Å²) in [6, 6.07) is 15.9. The molecule has 2 heterocycles. The third kappa shape index (κ3) is 4.05. The number of hydrogen-bond donors (Lipinski definition) is 2. The van der Waals surface area contributed by atoms with E-state index in [1.165, 1.54) is 30.9 Å². The van der Waals surface area contributed by atoms with Gasteiger partial charge >= 0.3 is 0 Å². The molecule has 7 heteroatoms. The van der Waals surface area contributed by atoms with Gasteiger partial charge in [-0.25, -0.2) is 4.39 Å². The quantitative estimate of drug-likeness (QED) is 0.502. The van der Waals surface area contributed by atoms with Gasteiger partial charge in [-0.15, -0.1) is 0 Å². The summed E-state index contributed by atoms with van der Waals surface area (Å²) in [6.45, 7) is 0. The fraction of sp³-hybridized carbons (Fsp3) is 0.0455. The zero-order valence-electron chi connectivity index (χ0n) is 15.5. The van der Waals surface area contributed by atoms with Crippen LogP contribution in [0.25, 0.3) is 23.1 Å². The van der Waals surface area contributed by atoms with E-state index in [4.69, 9.17) is 0 Å². The molecule has 4 rings (SSSR count). The monoisotopic (exact) mass is 404 g/mol. The second-order valence-electron chi connectivity index (χ2n) is 6.20. The van der Waals surface area contributed by atoms with Crippen LogP contribution < -0.4 is 5.32 Å². The van der Waals surface area contributed by atoms with E-state index in [-0.39, 0.29) is 5.91 Å². The molecule has 0 aliphatic heterocycles. The van der Waals surface area contributed by atoms with Gasteiger partial charge in [0.2, 0.25) is 0 Å². The minimum absolute atomic E-state index is 0.293. The predicted octanol–water partition coefficient (Wildman–Crippen LogP) is 4.78. The molecule has 0 fully saturated rings. The van der Waals surface area contributed by atoms with E-state index >= 15 is 0 Å². The maximum atomic E-state index is 14.4. The average molecular weight is 404 g/mol. The van der Waals surface area contributed by atoms with Crippen LogP contribution in [0.2, 0.25) is 0 Å². The van der Waals surface area contributed by atoms with E-state index in [1.807, 2.05) is 48.6 Å². The Morgan fingerprint density at radius 3 is 2.83 bits per heavy atom. The van der Waals surface area contributed by atoms with E-state index in [0.29, 0.717) is 10.5 Å². The number of carbonyl (C=O) groups excluding carboxylic acids is 1. The molecule has 0 spiro atoms. The number of pyridine rings is 1. The van der Waals surface area contributed by atoms with E-state index < -0.39 is 5.82 Å². The van der Waals surface area contributed by atoms with Crippen LogP contribution in [0.5, 0.6) is 0 Å². The molecule has 144 valence electrons. The van der Waals surface area contributed by atoms with Gasteiger partial charge in [0, 0.05) is 23.5 Å². The van der Waals surface area contributed by atoms with Gasteiger partial charge in [-0.1, -0.05) is 23.9 Å². The lowest BCUT2D eigenvalue weighted by molar-refractivity contribution is 0.0959. The van der Waals surface area contributed by atoms with Crippen molar-refractivity contribution >= 4 is 40.7 Å². The molecule has 0 aliphatic rings. The van der Waals surface area contributed by atoms with Gasteiger partial charge in [0.15, 0.2) is 0 Å². The lowest BCUT2D eigenvalue weighted by Crippen LogP contribution is -2.19. The number of carbonyl (C=O) groups is 1. The Morgan fingerprint density at radius 2 is 2.03 bits per heavy atom. The first kappa shape index (κ1) is 18.9. The molecular formula is C22H17FN4OS. The third-order valence-corrected chi connectivity index (χ3v) is 5.43. The number of H-pyrrole nitrogens is 1. The first-order valence-corrected chi connectivity index (χ1v) is 9.73. The van der Waals surface area contributed by atoms with E-state index in [2.05, 4.69) is 20.5 Å². The van der Waals surface area contributed by atoms with Crippen LogP contribution in [0.3, 0.4) is 0 Å². The van der Waals surface area contributed by atoms with E-state index in [9.17, 15) is 9.18 Å². The summed E-state index contributed by atoms with van der Waals surface area (Å²) in [6.07, 6.45) is 5.53. The van der Waals surface area contributed by atoms with Crippen molar-refractivity contribution in [1.29, 1.82) is 0 Å². The maximum absolute atomic E-state index is 14.4. The van der Waals surface area contributed by atoms with Crippen LogP contribution in [0.4, 0.5) is 4.39 Å². The van der Waals surface area contributed by atoms with Crippen LogP contribution >= 0.6 is 11.8 Å². The standard InChI is InChI=1S/C22H17FN4OS/c1-24-22(28)17-6-4-7-18(23)21(17)29-15-9-10-16-19(26-27-20(16)13-15)11-8-14-5-2-3-12-25-14/h2-13H,1H3,(H,24,28)(H,26,27)/b11-8+. The highest BCUT2D eigenvalue weighted by molar-refractivity contribution is 7.99. The number of nitrogens with one attached hydrogen (secondary N) is 2. The number of rotatable bonds is 5. The second kappa shape index (κ2) is 8.28. The van der Waals surface area contributed by atoms with Crippen molar-refractivity contribution < 1.29 is 9.18 Å². The Balaban J connectivity index is 1.63. The number of hydrogen-bond acceptors (Lipinski definition) is 4. The minimum atomic E-state index is -0.431. The molecule has 2 N–H and O–H groups in total. The van der Waals surface area contributed by atoms with Crippen molar-refractivity contribution in [2.75, 3.05) is 7.05 Å². The van der Waals surface area contributed by atoms with Gasteiger partial charge in [0.1, 0.15) is 5.82 Å². The van der Waals surface area contributed by atoms with Gasteiger partial charge in [-0.05, 0) is 54.6 Å². The Hall–Kier alpha value is -3.45. The van der Waals surface area contributed by atoms with E-state index in [1.54, 1.807) is 12.3 Å². The van der Waals surface area contributed by atoms with Crippen molar-refractivity contribution in [1.82, 2.24) is 20.5 Å². The van der Waals surface area contributed by atoms with Crippen molar-refractivity contribution in [3.8, 4) is 0 Å². The van der Waals surface area contributed by atoms with Crippen LogP contribution in [0.15, 0.2) is 70.6 Å². The number of halogens is 1. The number of benzene rings is 2. The van der Waals surface area contributed by atoms with Crippen LogP contribution in [-0.2, 0) is 0 Å². The van der Waals surface area contributed by atoms with Gasteiger partial charge in [-0.2, -0.15) is 5.10 Å². The lowest BCUT2D eigenvalue weighted by atomic mass is 10.2. The summed E-state index contributed by atoms with van der Waals surface area (Å²) < 4.78 is 14.4. The first-order chi connectivity index (χ1) is 14.2. The van der Waals surface area contributed by atoms with Crippen LogP contribution in [0.1, 0.15) is 21.7 Å². The van der Waals surface area contributed by atoms with Gasteiger partial charge in [0.05, 0.1) is 27.4 Å². The second-order valence-corrected chi connectivity index (χ2v) is 7.29. The molecule has 0 unspecified atom stereocenters. The van der Waals surface area contributed by atoms with E-state index in [0.717, 1.165) is 27.2 Å². The SMILES string of the molecule is CNC(=O)c1cccc(F)c1Sc1ccc2c(/C=C/c3ccccn3)n[nH]c2c1. The molecule has 0 radical (unpaired) electrons. The maximum Gasteiger partial charge on any atom is 0.252 e. The normalized spacial score (nSPS) is 11.2. The molecule has 29 heavy (non-hydrogen) atoms. The molecule has 2 aromatic carbocycles. The molecule has 1 amide bonds. The molecule has 0 atom stereocenters. The summed E-state index contributed by atoms with van der Waals surface area (Å²) in [4.78, 5) is 17.4. The number of amides is 1. The number of nitrogens with zero attached hydrogens (tertiary/aromatic N) is 2. The molecular weight excluding hydrogens is 387 g/mol. The molecule has 2 aromatic heterocycles. The summed E-state index contributed by atoms with van der Waals surface area (Å²) >= 11 is 1.21. The molecule has 5 nitrogen and oxygen atoms in total. The lowest BCUT2D eigenvalue weighted by Gasteiger charge is -2.09. The highest BCUT2D eigenvalue weighted by atomic mass is 32.2. The van der Waals surface area contributed by atoms with Gasteiger partial charge < -0.3 is 5.32 Å². The third-order valence-electron chi connectivity index (χ3n) is 4.32. The number of fused-ring (bicyclic) bond motifs is 1. The summed E-state index contributed by atoms with van der Waals surface area (Å²) in [5.41, 5.74) is 2.77. The minimum Gasteiger partial charge on any atom is -0.355 e. The number of aromatic nitrogens is 3. The highest BCUT2D eigenvalue weighted by Crippen LogP contribution is 2.34. The molecule has 4 aromatic rings. The zero-order chi connectivity index (χ0) is 20.2. The van der Waals surface area contributed by atoms with Crippen molar-refractivity contribution in [2.24, 2.45) is 0 Å². The smallest absolute Gasteiger partial charge is 0.252 e. The van der Waals surface area contributed by atoms with Gasteiger partial charge in [-0.3, -0.25) is 14.9 Å². The van der Waals surface area contributed by atoms with Gasteiger partial charge in [0.25, 0.3) is 5.91 Å². The molecule has 0 aliphatic carbocycles. The van der Waals surface area contributed by atoms with Crippen molar-refractivity contribution in [3.05, 3.63) is 83.6 Å². The fourth-order valence-electron chi connectivity index (χ4n) is 2.89. The van der Waals surface area contributed by atoms with Crippen LogP contribution in [0, 0.1) is 5.82 Å². The number of aromatic amines is 1. The zero-order valence-corrected chi connectivity index (χ0v) is 16.3. The Kier molecular flexibility index (Phi) is 5.39. The van der Waals surface area contributed by atoms with Crippen molar-refractivity contribution in [3.63, 3.8) is 0 Å².